The average molecular weight is 429 g/mol. The zero-order chi connectivity index (χ0) is 19.0. The number of nitrogens with zero attached hydrogens (tertiary/aromatic N) is 2. The highest BCUT2D eigenvalue weighted by atomic mass is 35.5. The Hall–Kier alpha value is -1.72. The van der Waals surface area contributed by atoms with Crippen LogP contribution in [-0.2, 0) is 0 Å². The van der Waals surface area contributed by atoms with Crippen molar-refractivity contribution >= 4 is 58.3 Å². The molecule has 0 atom stereocenters. The summed E-state index contributed by atoms with van der Waals surface area (Å²) in [6, 6.07) is 8.47. The van der Waals surface area contributed by atoms with Crippen LogP contribution in [0.25, 0.3) is 5.69 Å². The first kappa shape index (κ1) is 19.1. The largest absolute Gasteiger partial charge is 0.295 e. The number of H-pyrrole nitrogens is 1. The van der Waals surface area contributed by atoms with E-state index in [0.29, 0.717) is 32.7 Å². The van der Waals surface area contributed by atoms with Crippen LogP contribution in [0.5, 0.6) is 0 Å². The molecule has 0 aliphatic carbocycles. The highest BCUT2D eigenvalue weighted by molar-refractivity contribution is 6.40. The molecule has 8 heteroatoms. The molecule has 0 amide bonds. The highest BCUT2D eigenvalue weighted by Gasteiger charge is 2.16. The quantitative estimate of drug-likeness (QED) is 0.500. The Bertz CT molecular complexity index is 1060. The first-order valence-corrected chi connectivity index (χ1v) is 9.06. The molecule has 0 saturated heterocycles. The van der Waals surface area contributed by atoms with E-state index in [1.807, 2.05) is 19.1 Å². The number of nitrogens with one attached hydrogen (secondary N) is 1. The molecule has 0 radical (unpaired) electrons. The number of hydrogen-bond donors (Lipinski definition) is 1. The molecule has 0 unspecified atom stereocenters. The average Bonchev–Trinajstić information content (AvgIpc) is 2.82. The molecular formula is C18H13Cl4N3O. The SMILES string of the molecule is Cc1ccc(N=Cc2c(C)[nH]n(-c3c(Cl)cc(Cl)cc3Cl)c2=O)cc1Cl. The fourth-order valence-corrected chi connectivity index (χ4v) is 3.58. The molecule has 1 N–H and O–H groups in total. The van der Waals surface area contributed by atoms with Crippen LogP contribution in [-0.4, -0.2) is 16.0 Å². The Morgan fingerprint density at radius 1 is 1.00 bits per heavy atom. The number of rotatable bonds is 3. The Morgan fingerprint density at radius 2 is 1.65 bits per heavy atom. The van der Waals surface area contributed by atoms with Gasteiger partial charge >= 0.3 is 0 Å². The third-order valence-corrected chi connectivity index (χ3v) is 5.02. The molecule has 0 aliphatic heterocycles. The van der Waals surface area contributed by atoms with Gasteiger partial charge in [0, 0.05) is 22.0 Å². The summed E-state index contributed by atoms with van der Waals surface area (Å²) in [6.45, 7) is 3.67. The second kappa shape index (κ2) is 7.49. The number of aromatic amines is 1. The van der Waals surface area contributed by atoms with E-state index in [9.17, 15) is 4.79 Å². The van der Waals surface area contributed by atoms with Gasteiger partial charge in [-0.2, -0.15) is 0 Å². The van der Waals surface area contributed by atoms with Gasteiger partial charge in [0.1, 0.15) is 5.69 Å². The lowest BCUT2D eigenvalue weighted by molar-refractivity contribution is 0.835. The Morgan fingerprint density at radius 3 is 2.27 bits per heavy atom. The van der Waals surface area contributed by atoms with Gasteiger partial charge in [0.25, 0.3) is 5.56 Å². The van der Waals surface area contributed by atoms with Crippen molar-refractivity contribution in [3.8, 4) is 5.69 Å². The molecule has 134 valence electrons. The minimum atomic E-state index is -0.324. The maximum Gasteiger partial charge on any atom is 0.280 e. The fraction of sp³-hybridized carbons (Fsp3) is 0.111. The third-order valence-electron chi connectivity index (χ3n) is 3.82. The molecule has 4 nitrogen and oxygen atoms in total. The van der Waals surface area contributed by atoms with E-state index < -0.39 is 0 Å². The van der Waals surface area contributed by atoms with Crippen molar-refractivity contribution in [2.75, 3.05) is 0 Å². The summed E-state index contributed by atoms with van der Waals surface area (Å²) < 4.78 is 1.28. The number of benzene rings is 2. The minimum absolute atomic E-state index is 0.264. The van der Waals surface area contributed by atoms with Gasteiger partial charge in [0.15, 0.2) is 0 Å². The van der Waals surface area contributed by atoms with Crippen LogP contribution >= 0.6 is 46.4 Å². The molecule has 0 bridgehead atoms. The second-order valence-corrected chi connectivity index (χ2v) is 7.36. The highest BCUT2D eigenvalue weighted by Crippen LogP contribution is 2.31. The van der Waals surface area contributed by atoms with Gasteiger partial charge in [-0.25, -0.2) is 4.68 Å². The molecule has 0 fully saturated rings. The summed E-state index contributed by atoms with van der Waals surface area (Å²) in [7, 11) is 0. The summed E-state index contributed by atoms with van der Waals surface area (Å²) in [5, 5.41) is 4.49. The number of aromatic nitrogens is 2. The van der Waals surface area contributed by atoms with Crippen LogP contribution in [0.2, 0.25) is 20.1 Å². The Kier molecular flexibility index (Phi) is 5.49. The molecule has 1 heterocycles. The maximum atomic E-state index is 12.8. The molecule has 2 aromatic carbocycles. The summed E-state index contributed by atoms with van der Waals surface area (Å²) in [4.78, 5) is 17.1. The number of aliphatic imine (C=N–C) groups is 1. The molecular weight excluding hydrogens is 416 g/mol. The van der Waals surface area contributed by atoms with Crippen molar-refractivity contribution in [2.24, 2.45) is 4.99 Å². The van der Waals surface area contributed by atoms with Gasteiger partial charge in [0.2, 0.25) is 0 Å². The van der Waals surface area contributed by atoms with Crippen molar-refractivity contribution in [3.63, 3.8) is 0 Å². The number of hydrogen-bond acceptors (Lipinski definition) is 2. The minimum Gasteiger partial charge on any atom is -0.295 e. The normalized spacial score (nSPS) is 11.5. The third kappa shape index (κ3) is 3.69. The fourth-order valence-electron chi connectivity index (χ4n) is 2.42. The van der Waals surface area contributed by atoms with E-state index in [2.05, 4.69) is 10.1 Å². The Labute approximate surface area is 170 Å². The zero-order valence-electron chi connectivity index (χ0n) is 13.8. The standard InChI is InChI=1S/C18H13Cl4N3O/c1-9-3-4-12(7-14(9)20)23-8-13-10(2)24-25(18(13)26)17-15(21)5-11(19)6-16(17)22/h3-8,24H,1-2H3. The Balaban J connectivity index is 2.05. The van der Waals surface area contributed by atoms with E-state index in [1.165, 1.54) is 23.0 Å². The lowest BCUT2D eigenvalue weighted by atomic mass is 10.2. The second-order valence-electron chi connectivity index (χ2n) is 5.70. The summed E-state index contributed by atoms with van der Waals surface area (Å²) in [5.74, 6) is 0. The van der Waals surface area contributed by atoms with Crippen LogP contribution in [0.3, 0.4) is 0 Å². The molecule has 0 spiro atoms. The lowest BCUT2D eigenvalue weighted by Crippen LogP contribution is -2.18. The maximum absolute atomic E-state index is 12.8. The molecule has 0 aliphatic rings. The molecule has 0 saturated carbocycles. The zero-order valence-corrected chi connectivity index (χ0v) is 16.8. The summed E-state index contributed by atoms with van der Waals surface area (Å²) in [6.07, 6.45) is 1.49. The summed E-state index contributed by atoms with van der Waals surface area (Å²) >= 11 is 24.5. The topological polar surface area (TPSA) is 50.1 Å². The van der Waals surface area contributed by atoms with Crippen molar-refractivity contribution < 1.29 is 0 Å². The van der Waals surface area contributed by atoms with E-state index >= 15 is 0 Å². The van der Waals surface area contributed by atoms with Crippen LogP contribution in [0.15, 0.2) is 40.1 Å². The first-order chi connectivity index (χ1) is 12.3. The van der Waals surface area contributed by atoms with Crippen LogP contribution in [0, 0.1) is 13.8 Å². The van der Waals surface area contributed by atoms with Gasteiger partial charge in [-0.3, -0.25) is 14.9 Å². The van der Waals surface area contributed by atoms with Crippen molar-refractivity contribution in [1.29, 1.82) is 0 Å². The predicted molar refractivity (Wildman–Crippen MR) is 110 cm³/mol. The van der Waals surface area contributed by atoms with Crippen molar-refractivity contribution in [3.05, 3.63) is 77.6 Å². The molecule has 3 rings (SSSR count). The van der Waals surface area contributed by atoms with Gasteiger partial charge in [0.05, 0.1) is 21.3 Å². The predicted octanol–water partition coefficient (Wildman–Crippen LogP) is 6.15. The van der Waals surface area contributed by atoms with Crippen molar-refractivity contribution in [1.82, 2.24) is 9.78 Å². The molecule has 1 aromatic heterocycles. The van der Waals surface area contributed by atoms with Crippen LogP contribution in [0.1, 0.15) is 16.8 Å². The van der Waals surface area contributed by atoms with E-state index in [-0.39, 0.29) is 15.6 Å². The van der Waals surface area contributed by atoms with E-state index in [4.69, 9.17) is 46.4 Å². The number of aryl methyl sites for hydroxylation is 2. The molecule has 3 aromatic rings. The van der Waals surface area contributed by atoms with Gasteiger partial charge < -0.3 is 0 Å². The van der Waals surface area contributed by atoms with Gasteiger partial charge in [-0.05, 0) is 43.7 Å². The monoisotopic (exact) mass is 427 g/mol. The van der Waals surface area contributed by atoms with Crippen molar-refractivity contribution in [2.45, 2.75) is 13.8 Å². The van der Waals surface area contributed by atoms with Crippen LogP contribution in [0.4, 0.5) is 5.69 Å². The van der Waals surface area contributed by atoms with E-state index in [0.717, 1.165) is 5.56 Å². The summed E-state index contributed by atoms with van der Waals surface area (Å²) in [5.41, 5.74) is 2.63. The number of halogens is 4. The van der Waals surface area contributed by atoms with Gasteiger partial charge in [-0.1, -0.05) is 52.5 Å². The van der Waals surface area contributed by atoms with Crippen LogP contribution < -0.4 is 5.56 Å². The first-order valence-electron chi connectivity index (χ1n) is 7.54. The smallest absolute Gasteiger partial charge is 0.280 e. The van der Waals surface area contributed by atoms with Gasteiger partial charge in [-0.15, -0.1) is 0 Å². The lowest BCUT2D eigenvalue weighted by Gasteiger charge is -2.07. The molecule has 26 heavy (non-hydrogen) atoms. The van der Waals surface area contributed by atoms with E-state index in [1.54, 1.807) is 13.0 Å².